The molecule has 0 saturated carbocycles. The van der Waals surface area contributed by atoms with E-state index in [0.29, 0.717) is 16.7 Å². The first-order valence-electron chi connectivity index (χ1n) is 7.77. The average molecular weight is 331 g/mol. The van der Waals surface area contributed by atoms with E-state index in [1.54, 1.807) is 12.1 Å². The van der Waals surface area contributed by atoms with Crippen molar-refractivity contribution < 1.29 is 14.3 Å². The van der Waals surface area contributed by atoms with Gasteiger partial charge in [-0.1, -0.05) is 26.0 Å². The summed E-state index contributed by atoms with van der Waals surface area (Å²) in [5, 5.41) is 2.64. The predicted molar refractivity (Wildman–Crippen MR) is 89.5 cm³/mol. The number of hydrogen-bond donors (Lipinski definition) is 2. The van der Waals surface area contributed by atoms with E-state index in [-0.39, 0.29) is 30.2 Å². The Labute approximate surface area is 139 Å². The fraction of sp³-hybridized carbons (Fsp3) is 0.412. The van der Waals surface area contributed by atoms with Crippen LogP contribution in [0.1, 0.15) is 26.0 Å². The topological polar surface area (TPSA) is 101 Å². The highest BCUT2D eigenvalue weighted by Crippen LogP contribution is 2.08. The van der Waals surface area contributed by atoms with Crippen LogP contribution in [0.25, 0.3) is 11.0 Å². The van der Waals surface area contributed by atoms with E-state index in [2.05, 4.69) is 20.0 Å². The van der Waals surface area contributed by atoms with Crippen LogP contribution in [-0.4, -0.2) is 35.0 Å². The lowest BCUT2D eigenvalue weighted by molar-refractivity contribution is -0.146. The highest BCUT2D eigenvalue weighted by Gasteiger charge is 2.24. The lowest BCUT2D eigenvalue weighted by atomic mass is 10.0. The molecule has 0 aliphatic heterocycles. The predicted octanol–water partition coefficient (Wildman–Crippen LogP) is 1.17. The van der Waals surface area contributed by atoms with Crippen LogP contribution in [0.5, 0.6) is 0 Å². The number of ether oxygens (including phenoxy) is 1. The minimum atomic E-state index is -0.703. The van der Waals surface area contributed by atoms with Crippen LogP contribution < -0.4 is 10.9 Å². The minimum Gasteiger partial charge on any atom is -0.467 e. The maximum Gasteiger partial charge on any atom is 0.328 e. The van der Waals surface area contributed by atoms with Crippen LogP contribution in [0.15, 0.2) is 29.1 Å². The maximum atomic E-state index is 12.1. The van der Waals surface area contributed by atoms with Gasteiger partial charge in [-0.2, -0.15) is 0 Å². The molecule has 7 heteroatoms. The molecule has 0 saturated heterocycles. The molecule has 0 aliphatic carbocycles. The monoisotopic (exact) mass is 331 g/mol. The number of fused-ring (bicyclic) bond motifs is 1. The molecule has 1 heterocycles. The van der Waals surface area contributed by atoms with Crippen LogP contribution in [0, 0.1) is 5.92 Å². The number of aryl methyl sites for hydroxylation is 1. The number of carbonyl (C=O) groups excluding carboxylic acids is 2. The average Bonchev–Trinajstić information content (AvgIpc) is 2.56. The van der Waals surface area contributed by atoms with E-state index in [9.17, 15) is 14.4 Å². The molecule has 0 bridgehead atoms. The number of aromatic nitrogens is 2. The number of benzene rings is 1. The summed E-state index contributed by atoms with van der Waals surface area (Å²) in [4.78, 5) is 42.8. The number of H-pyrrole nitrogens is 1. The molecule has 128 valence electrons. The number of esters is 1. The van der Waals surface area contributed by atoms with Gasteiger partial charge in [-0.05, 0) is 18.1 Å². The van der Waals surface area contributed by atoms with Crippen molar-refractivity contribution in [2.24, 2.45) is 5.92 Å². The molecule has 1 amide bonds. The van der Waals surface area contributed by atoms with Crippen molar-refractivity contribution in [3.63, 3.8) is 0 Å². The quantitative estimate of drug-likeness (QED) is 0.774. The van der Waals surface area contributed by atoms with Crippen molar-refractivity contribution >= 4 is 22.9 Å². The van der Waals surface area contributed by atoms with Gasteiger partial charge in [0.2, 0.25) is 5.91 Å². The fourth-order valence-corrected chi connectivity index (χ4v) is 2.34. The lowest BCUT2D eigenvalue weighted by Gasteiger charge is -2.19. The Morgan fingerprint density at radius 2 is 2.00 bits per heavy atom. The number of nitrogens with zero attached hydrogens (tertiary/aromatic N) is 1. The molecule has 1 aromatic carbocycles. The number of hydrogen-bond acceptors (Lipinski definition) is 5. The number of rotatable bonds is 6. The largest absolute Gasteiger partial charge is 0.467 e. The summed E-state index contributed by atoms with van der Waals surface area (Å²) in [6.45, 7) is 3.63. The zero-order chi connectivity index (χ0) is 17.7. The highest BCUT2D eigenvalue weighted by molar-refractivity contribution is 5.84. The van der Waals surface area contributed by atoms with E-state index >= 15 is 0 Å². The zero-order valence-electron chi connectivity index (χ0n) is 14.0. The first kappa shape index (κ1) is 17.7. The second-order valence-electron chi connectivity index (χ2n) is 5.84. The summed E-state index contributed by atoms with van der Waals surface area (Å²) >= 11 is 0. The smallest absolute Gasteiger partial charge is 0.328 e. The highest BCUT2D eigenvalue weighted by atomic mass is 16.5. The SMILES string of the molecule is COC(=O)[C@@H](NC(=O)CCc1nc2ccccc2[nH]c1=O)C(C)C. The standard InChI is InChI=1S/C17H21N3O4/c1-10(2)15(17(23)24-3)20-14(21)9-8-13-16(22)19-12-7-5-4-6-11(12)18-13/h4-7,10,15H,8-9H2,1-3H3,(H,19,22)(H,20,21)/t15-/m0/s1. The molecule has 0 unspecified atom stereocenters. The van der Waals surface area contributed by atoms with Crippen molar-refractivity contribution in [3.8, 4) is 0 Å². The zero-order valence-corrected chi connectivity index (χ0v) is 14.0. The molecule has 24 heavy (non-hydrogen) atoms. The van der Waals surface area contributed by atoms with Gasteiger partial charge in [0.1, 0.15) is 11.7 Å². The molecule has 0 aliphatic rings. The fourth-order valence-electron chi connectivity index (χ4n) is 2.34. The van der Waals surface area contributed by atoms with Gasteiger partial charge in [-0.3, -0.25) is 9.59 Å². The van der Waals surface area contributed by atoms with Crippen LogP contribution in [0.4, 0.5) is 0 Å². The van der Waals surface area contributed by atoms with Gasteiger partial charge in [0, 0.05) is 12.8 Å². The van der Waals surface area contributed by atoms with Gasteiger partial charge in [0.25, 0.3) is 5.56 Å². The van der Waals surface area contributed by atoms with E-state index in [0.717, 1.165) is 0 Å². The summed E-state index contributed by atoms with van der Waals surface area (Å²) in [6.07, 6.45) is 0.257. The second kappa shape index (κ2) is 7.72. The van der Waals surface area contributed by atoms with Gasteiger partial charge in [0.05, 0.1) is 18.1 Å². The van der Waals surface area contributed by atoms with Crippen LogP contribution in [0.2, 0.25) is 0 Å². The maximum absolute atomic E-state index is 12.1. The van der Waals surface area contributed by atoms with Crippen LogP contribution >= 0.6 is 0 Å². The summed E-state index contributed by atoms with van der Waals surface area (Å²) in [6, 6.07) is 6.50. The summed E-state index contributed by atoms with van der Waals surface area (Å²) in [5.41, 5.74) is 1.31. The number of nitrogens with one attached hydrogen (secondary N) is 2. The Hall–Kier alpha value is -2.70. The number of carbonyl (C=O) groups is 2. The number of amides is 1. The Morgan fingerprint density at radius 1 is 1.29 bits per heavy atom. The van der Waals surface area contributed by atoms with Crippen molar-refractivity contribution in [2.45, 2.75) is 32.7 Å². The summed E-state index contributed by atoms with van der Waals surface area (Å²) in [5.74, 6) is -0.905. The minimum absolute atomic E-state index is 0.0641. The lowest BCUT2D eigenvalue weighted by Crippen LogP contribution is -2.45. The third-order valence-electron chi connectivity index (χ3n) is 3.70. The third kappa shape index (κ3) is 4.18. The van der Waals surface area contributed by atoms with Crippen LogP contribution in [0.3, 0.4) is 0 Å². The Morgan fingerprint density at radius 3 is 2.67 bits per heavy atom. The van der Waals surface area contributed by atoms with Crippen molar-refractivity contribution in [2.75, 3.05) is 7.11 Å². The second-order valence-corrected chi connectivity index (χ2v) is 5.84. The van der Waals surface area contributed by atoms with Gasteiger partial charge in [-0.25, -0.2) is 9.78 Å². The van der Waals surface area contributed by atoms with E-state index in [1.807, 2.05) is 26.0 Å². The molecular weight excluding hydrogens is 310 g/mol. The number of aromatic amines is 1. The number of para-hydroxylation sites is 2. The molecule has 0 radical (unpaired) electrons. The third-order valence-corrected chi connectivity index (χ3v) is 3.70. The molecule has 2 aromatic rings. The molecular formula is C17H21N3O4. The van der Waals surface area contributed by atoms with Gasteiger partial charge in [0.15, 0.2) is 0 Å². The molecule has 0 fully saturated rings. The first-order valence-corrected chi connectivity index (χ1v) is 7.77. The van der Waals surface area contributed by atoms with Crippen LogP contribution in [-0.2, 0) is 20.7 Å². The van der Waals surface area contributed by atoms with E-state index in [4.69, 9.17) is 0 Å². The molecule has 1 aromatic heterocycles. The van der Waals surface area contributed by atoms with Gasteiger partial charge in [-0.15, -0.1) is 0 Å². The molecule has 2 N–H and O–H groups in total. The summed E-state index contributed by atoms with van der Waals surface area (Å²) < 4.78 is 4.68. The molecule has 7 nitrogen and oxygen atoms in total. The molecule has 0 spiro atoms. The Bertz CT molecular complexity index is 798. The van der Waals surface area contributed by atoms with Crippen molar-refractivity contribution in [1.29, 1.82) is 0 Å². The molecule has 2 rings (SSSR count). The van der Waals surface area contributed by atoms with E-state index < -0.39 is 12.0 Å². The molecule has 1 atom stereocenters. The van der Waals surface area contributed by atoms with Crippen molar-refractivity contribution in [1.82, 2.24) is 15.3 Å². The first-order chi connectivity index (χ1) is 11.4. The normalized spacial score (nSPS) is 12.2. The van der Waals surface area contributed by atoms with Gasteiger partial charge >= 0.3 is 5.97 Å². The Balaban J connectivity index is 2.05. The Kier molecular flexibility index (Phi) is 5.68. The summed E-state index contributed by atoms with van der Waals surface area (Å²) in [7, 11) is 1.28. The number of methoxy groups -OCH3 is 1. The van der Waals surface area contributed by atoms with E-state index in [1.165, 1.54) is 7.11 Å². The van der Waals surface area contributed by atoms with Gasteiger partial charge < -0.3 is 15.0 Å². The van der Waals surface area contributed by atoms with Crippen molar-refractivity contribution in [3.05, 3.63) is 40.3 Å².